The molecule has 0 spiro atoms. The quantitative estimate of drug-likeness (QED) is 0.793. The van der Waals surface area contributed by atoms with E-state index in [1.54, 1.807) is 0 Å². The second-order valence-corrected chi connectivity index (χ2v) is 4.33. The Hall–Kier alpha value is -0.990. The predicted molar refractivity (Wildman–Crippen MR) is 58.0 cm³/mol. The van der Waals surface area contributed by atoms with Crippen molar-refractivity contribution in [2.75, 3.05) is 5.73 Å². The highest BCUT2D eigenvalue weighted by Gasteiger charge is 2.25. The molecular weight excluding hydrogens is 174 g/mol. The molecule has 1 heterocycles. The summed E-state index contributed by atoms with van der Waals surface area (Å²) in [6, 6.07) is 0. The lowest BCUT2D eigenvalue weighted by Gasteiger charge is -2.00. The Morgan fingerprint density at radius 1 is 1.50 bits per heavy atom. The molecule has 1 aromatic rings. The Labute approximate surface area is 85.3 Å². The van der Waals surface area contributed by atoms with Crippen molar-refractivity contribution in [2.24, 2.45) is 13.0 Å². The molecule has 0 amide bonds. The number of anilines is 1. The molecule has 0 radical (unpaired) electrons. The van der Waals surface area contributed by atoms with E-state index >= 15 is 0 Å². The van der Waals surface area contributed by atoms with Gasteiger partial charge in [0.25, 0.3) is 0 Å². The molecule has 0 atom stereocenters. The summed E-state index contributed by atoms with van der Waals surface area (Å²) in [5.41, 5.74) is 8.52. The molecule has 0 bridgehead atoms. The molecule has 1 saturated carbocycles. The highest BCUT2D eigenvalue weighted by atomic mass is 15.3. The van der Waals surface area contributed by atoms with Gasteiger partial charge in [0, 0.05) is 12.6 Å². The lowest BCUT2D eigenvalue weighted by Crippen LogP contribution is -1.99. The van der Waals surface area contributed by atoms with Crippen molar-refractivity contribution in [3.63, 3.8) is 0 Å². The second-order valence-electron chi connectivity index (χ2n) is 4.33. The van der Waals surface area contributed by atoms with Crippen LogP contribution in [0.15, 0.2) is 0 Å². The zero-order valence-electron chi connectivity index (χ0n) is 9.08. The molecule has 1 aliphatic carbocycles. The van der Waals surface area contributed by atoms with Crippen molar-refractivity contribution in [3.05, 3.63) is 11.3 Å². The van der Waals surface area contributed by atoms with Gasteiger partial charge >= 0.3 is 0 Å². The first-order chi connectivity index (χ1) is 6.72. The van der Waals surface area contributed by atoms with Gasteiger partial charge in [0.15, 0.2) is 0 Å². The first kappa shape index (κ1) is 9.56. The van der Waals surface area contributed by atoms with Gasteiger partial charge in [-0.1, -0.05) is 13.3 Å². The molecule has 0 unspecified atom stereocenters. The maximum absolute atomic E-state index is 5.99. The van der Waals surface area contributed by atoms with E-state index in [9.17, 15) is 0 Å². The Balaban J connectivity index is 2.21. The topological polar surface area (TPSA) is 43.8 Å². The Kier molecular flexibility index (Phi) is 2.48. The minimum Gasteiger partial charge on any atom is -0.384 e. The van der Waals surface area contributed by atoms with E-state index < -0.39 is 0 Å². The average molecular weight is 193 g/mol. The van der Waals surface area contributed by atoms with Crippen LogP contribution in [0.4, 0.5) is 5.82 Å². The number of hydrogen-bond donors (Lipinski definition) is 1. The first-order valence-electron chi connectivity index (χ1n) is 5.52. The summed E-state index contributed by atoms with van der Waals surface area (Å²) in [5.74, 6) is 1.75. The minimum atomic E-state index is 0.863. The molecular formula is C11H19N3. The van der Waals surface area contributed by atoms with Crippen LogP contribution in [0, 0.1) is 5.92 Å². The number of nitrogens with two attached hydrogens (primary N) is 1. The Morgan fingerprint density at radius 3 is 2.79 bits per heavy atom. The fraction of sp³-hybridized carbons (Fsp3) is 0.727. The van der Waals surface area contributed by atoms with Crippen LogP contribution in [0.1, 0.15) is 37.4 Å². The van der Waals surface area contributed by atoms with Crippen molar-refractivity contribution in [3.8, 4) is 0 Å². The van der Waals surface area contributed by atoms with Crippen molar-refractivity contribution in [2.45, 2.75) is 39.0 Å². The zero-order valence-corrected chi connectivity index (χ0v) is 9.08. The summed E-state index contributed by atoms with van der Waals surface area (Å²) < 4.78 is 1.82. The van der Waals surface area contributed by atoms with Gasteiger partial charge < -0.3 is 5.73 Å². The van der Waals surface area contributed by atoms with Crippen molar-refractivity contribution < 1.29 is 0 Å². The molecule has 2 rings (SSSR count). The summed E-state index contributed by atoms with van der Waals surface area (Å²) in [6.07, 6.45) is 6.11. The van der Waals surface area contributed by atoms with Gasteiger partial charge in [-0.15, -0.1) is 0 Å². The van der Waals surface area contributed by atoms with Gasteiger partial charge in [-0.25, -0.2) is 0 Å². The van der Waals surface area contributed by atoms with Crippen LogP contribution in [0.2, 0.25) is 0 Å². The fourth-order valence-corrected chi connectivity index (χ4v) is 1.92. The summed E-state index contributed by atoms with van der Waals surface area (Å²) in [6.45, 7) is 2.19. The lowest BCUT2D eigenvalue weighted by atomic mass is 10.1. The van der Waals surface area contributed by atoms with E-state index in [1.165, 1.54) is 24.1 Å². The smallest absolute Gasteiger partial charge is 0.124 e. The number of rotatable bonds is 4. The molecule has 3 heteroatoms. The Bertz CT molecular complexity index is 324. The molecule has 3 nitrogen and oxygen atoms in total. The van der Waals surface area contributed by atoms with Crippen molar-refractivity contribution in [1.29, 1.82) is 0 Å². The van der Waals surface area contributed by atoms with Crippen LogP contribution in [0.3, 0.4) is 0 Å². The van der Waals surface area contributed by atoms with Gasteiger partial charge in [-0.2, -0.15) is 5.10 Å². The number of aryl methyl sites for hydroxylation is 1. The number of aromatic nitrogens is 2. The molecule has 0 aliphatic heterocycles. The summed E-state index contributed by atoms with van der Waals surface area (Å²) in [5, 5.41) is 4.50. The van der Waals surface area contributed by atoms with Gasteiger partial charge in [0.2, 0.25) is 0 Å². The van der Waals surface area contributed by atoms with Crippen LogP contribution >= 0.6 is 0 Å². The monoisotopic (exact) mass is 193 g/mol. The molecule has 2 N–H and O–H groups in total. The van der Waals surface area contributed by atoms with E-state index in [4.69, 9.17) is 5.73 Å². The molecule has 1 fully saturated rings. The largest absolute Gasteiger partial charge is 0.384 e. The van der Waals surface area contributed by atoms with E-state index in [0.29, 0.717) is 0 Å². The molecule has 78 valence electrons. The first-order valence-corrected chi connectivity index (χ1v) is 5.52. The predicted octanol–water partition coefficient (Wildman–Crippen LogP) is 1.91. The van der Waals surface area contributed by atoms with Crippen molar-refractivity contribution >= 4 is 5.82 Å². The number of nitrogens with zero attached hydrogens (tertiary/aromatic N) is 2. The summed E-state index contributed by atoms with van der Waals surface area (Å²) >= 11 is 0. The van der Waals surface area contributed by atoms with Crippen LogP contribution < -0.4 is 5.73 Å². The summed E-state index contributed by atoms with van der Waals surface area (Å²) in [4.78, 5) is 0. The zero-order chi connectivity index (χ0) is 10.1. The lowest BCUT2D eigenvalue weighted by molar-refractivity contribution is 0.719. The molecule has 14 heavy (non-hydrogen) atoms. The standard InChI is InChI=1S/C11H19N3/c1-3-4-9-10(7-8-5-6-8)13-14(2)11(9)12/h8H,3-7,12H2,1-2H3. The molecule has 0 saturated heterocycles. The van der Waals surface area contributed by atoms with E-state index in [0.717, 1.165) is 31.0 Å². The number of hydrogen-bond acceptors (Lipinski definition) is 2. The highest BCUT2D eigenvalue weighted by Crippen LogP contribution is 2.34. The molecule has 1 aliphatic rings. The highest BCUT2D eigenvalue weighted by molar-refractivity contribution is 5.43. The molecule has 1 aromatic heterocycles. The van der Waals surface area contributed by atoms with Gasteiger partial charge in [0.1, 0.15) is 5.82 Å². The fourth-order valence-electron chi connectivity index (χ4n) is 1.92. The summed E-state index contributed by atoms with van der Waals surface area (Å²) in [7, 11) is 1.94. The Morgan fingerprint density at radius 2 is 2.21 bits per heavy atom. The SMILES string of the molecule is CCCc1c(CC2CC2)nn(C)c1N. The average Bonchev–Trinajstić information content (AvgIpc) is 2.91. The third-order valence-corrected chi connectivity index (χ3v) is 2.96. The normalized spacial score (nSPS) is 16.1. The van der Waals surface area contributed by atoms with Gasteiger partial charge in [0.05, 0.1) is 5.69 Å². The van der Waals surface area contributed by atoms with E-state index in [-0.39, 0.29) is 0 Å². The van der Waals surface area contributed by atoms with Crippen LogP contribution in [-0.4, -0.2) is 9.78 Å². The van der Waals surface area contributed by atoms with Gasteiger partial charge in [-0.05, 0) is 31.6 Å². The van der Waals surface area contributed by atoms with Crippen LogP contribution in [0.5, 0.6) is 0 Å². The maximum Gasteiger partial charge on any atom is 0.124 e. The van der Waals surface area contributed by atoms with Crippen LogP contribution in [0.25, 0.3) is 0 Å². The van der Waals surface area contributed by atoms with Crippen molar-refractivity contribution in [1.82, 2.24) is 9.78 Å². The second kappa shape index (κ2) is 3.64. The number of nitrogen functional groups attached to an aromatic ring is 1. The third kappa shape index (κ3) is 1.76. The van der Waals surface area contributed by atoms with E-state index in [1.807, 2.05) is 11.7 Å². The minimum absolute atomic E-state index is 0.863. The van der Waals surface area contributed by atoms with Crippen LogP contribution in [-0.2, 0) is 19.9 Å². The third-order valence-electron chi connectivity index (χ3n) is 2.96. The molecule has 0 aromatic carbocycles. The van der Waals surface area contributed by atoms with Gasteiger partial charge in [-0.3, -0.25) is 4.68 Å². The maximum atomic E-state index is 5.99. The van der Waals surface area contributed by atoms with E-state index in [2.05, 4.69) is 12.0 Å².